The highest BCUT2D eigenvalue weighted by atomic mass is 19.3. The Labute approximate surface area is 183 Å². The molecule has 9 unspecified atom stereocenters. The number of nitrogens with zero attached hydrogens (tertiary/aromatic N) is 1. The van der Waals surface area contributed by atoms with E-state index in [1.807, 2.05) is 13.8 Å². The lowest BCUT2D eigenvalue weighted by atomic mass is 9.46. The minimum Gasteiger partial charge on any atom is -0.390 e. The van der Waals surface area contributed by atoms with Crippen molar-refractivity contribution in [1.82, 2.24) is 4.90 Å². The zero-order valence-electron chi connectivity index (χ0n) is 19.0. The Kier molecular flexibility index (Phi) is 5.69. The highest BCUT2D eigenvalue weighted by Crippen LogP contribution is 2.67. The van der Waals surface area contributed by atoms with Gasteiger partial charge in [0.15, 0.2) is 5.78 Å². The first-order valence-corrected chi connectivity index (χ1v) is 11.7. The van der Waals surface area contributed by atoms with Gasteiger partial charge in [-0.1, -0.05) is 13.8 Å². The number of carbonyl (C=O) groups excluding carboxylic acids is 1. The molecular weight excluding hydrogens is 404 g/mol. The molecule has 3 fully saturated rings. The third-order valence-electron chi connectivity index (χ3n) is 9.89. The van der Waals surface area contributed by atoms with Gasteiger partial charge in [-0.05, 0) is 81.4 Å². The molecule has 0 heterocycles. The number of rotatable bonds is 4. The van der Waals surface area contributed by atoms with Gasteiger partial charge in [0, 0.05) is 17.4 Å². The monoisotopic (exact) mass is 441 g/mol. The quantitative estimate of drug-likeness (QED) is 0.625. The van der Waals surface area contributed by atoms with E-state index in [1.165, 1.54) is 0 Å². The van der Waals surface area contributed by atoms with Crippen molar-refractivity contribution < 1.29 is 28.9 Å². The van der Waals surface area contributed by atoms with Crippen molar-refractivity contribution in [3.63, 3.8) is 0 Å². The van der Waals surface area contributed by atoms with Gasteiger partial charge in [-0.25, -0.2) is 8.78 Å². The van der Waals surface area contributed by atoms with Gasteiger partial charge in [0.2, 0.25) is 0 Å². The number of hydrogen-bond donors (Lipinski definition) is 3. The highest BCUT2D eigenvalue weighted by molar-refractivity contribution is 5.95. The van der Waals surface area contributed by atoms with Gasteiger partial charge in [0.05, 0.1) is 24.4 Å². The largest absolute Gasteiger partial charge is 0.390 e. The van der Waals surface area contributed by atoms with Gasteiger partial charge >= 0.3 is 0 Å². The summed E-state index contributed by atoms with van der Waals surface area (Å²) in [6, 6.07) is -0.112. The van der Waals surface area contributed by atoms with E-state index >= 15 is 0 Å². The molecule has 0 spiro atoms. The van der Waals surface area contributed by atoms with Crippen LogP contribution in [0.15, 0.2) is 11.6 Å². The first kappa shape index (κ1) is 23.3. The molecule has 0 amide bonds. The Balaban J connectivity index is 1.68. The number of carbonyl (C=O) groups is 1. The summed E-state index contributed by atoms with van der Waals surface area (Å²) < 4.78 is 26.0. The Morgan fingerprint density at radius 3 is 2.48 bits per heavy atom. The highest BCUT2D eigenvalue weighted by Gasteiger charge is 2.67. The fourth-order valence-corrected chi connectivity index (χ4v) is 7.88. The summed E-state index contributed by atoms with van der Waals surface area (Å²) in [7, 11) is 1.72. The molecular formula is C24H37F2NO4. The van der Waals surface area contributed by atoms with E-state index in [1.54, 1.807) is 18.0 Å². The third-order valence-corrected chi connectivity index (χ3v) is 9.89. The van der Waals surface area contributed by atoms with Crippen molar-refractivity contribution in [2.45, 2.75) is 89.6 Å². The maximum absolute atomic E-state index is 13.1. The van der Waals surface area contributed by atoms with Crippen molar-refractivity contribution >= 4 is 5.78 Å². The molecule has 3 saturated carbocycles. The summed E-state index contributed by atoms with van der Waals surface area (Å²) in [5.41, 5.74) is -1.36. The lowest BCUT2D eigenvalue weighted by molar-refractivity contribution is -0.153. The molecule has 7 heteroatoms. The number of ketones is 1. The number of aliphatic hydroxyl groups is 3. The van der Waals surface area contributed by atoms with Gasteiger partial charge < -0.3 is 15.3 Å². The Hall–Kier alpha value is -0.890. The summed E-state index contributed by atoms with van der Waals surface area (Å²) >= 11 is 0. The lowest BCUT2D eigenvalue weighted by Crippen LogP contribution is -2.61. The van der Waals surface area contributed by atoms with Crippen molar-refractivity contribution in [3.05, 3.63) is 11.6 Å². The fourth-order valence-electron chi connectivity index (χ4n) is 7.88. The van der Waals surface area contributed by atoms with Gasteiger partial charge in [-0.15, -0.1) is 0 Å². The van der Waals surface area contributed by atoms with E-state index in [4.69, 9.17) is 0 Å². The van der Waals surface area contributed by atoms with E-state index in [0.717, 1.165) is 24.8 Å². The summed E-state index contributed by atoms with van der Waals surface area (Å²) in [5.74, 6) is -0.393. The molecule has 9 atom stereocenters. The van der Waals surface area contributed by atoms with Crippen LogP contribution in [0.25, 0.3) is 0 Å². The molecule has 0 aromatic carbocycles. The number of alkyl halides is 2. The number of halogens is 2. The van der Waals surface area contributed by atoms with Crippen LogP contribution in [-0.2, 0) is 4.79 Å². The topological polar surface area (TPSA) is 81.0 Å². The van der Waals surface area contributed by atoms with Crippen LogP contribution >= 0.6 is 0 Å². The van der Waals surface area contributed by atoms with Crippen LogP contribution in [0.4, 0.5) is 8.78 Å². The Morgan fingerprint density at radius 1 is 1.16 bits per heavy atom. The zero-order valence-corrected chi connectivity index (χ0v) is 19.0. The van der Waals surface area contributed by atoms with Gasteiger partial charge in [-0.3, -0.25) is 9.69 Å². The molecule has 0 aromatic heterocycles. The van der Waals surface area contributed by atoms with Gasteiger partial charge in [0.1, 0.15) is 0 Å². The summed E-state index contributed by atoms with van der Waals surface area (Å²) in [6.45, 7) is 5.76. The molecule has 0 radical (unpaired) electrons. The second kappa shape index (κ2) is 7.57. The van der Waals surface area contributed by atoms with E-state index < -0.39 is 35.1 Å². The molecule has 31 heavy (non-hydrogen) atoms. The molecule has 4 aliphatic carbocycles. The predicted octanol–water partition coefficient (Wildman–Crippen LogP) is 2.78. The standard InChI is InChI=1S/C24H37F2NO4/c1-13(27(4)12-21(25)26)14-6-8-24(31)16-9-18(28)17-10-19(29)20(30)11-22(17,2)15(16)5-7-23(14,24)3/h9,13-15,17,19-21,29-31H,5-8,10-12H2,1-4H3. The van der Waals surface area contributed by atoms with Crippen LogP contribution in [0.5, 0.6) is 0 Å². The van der Waals surface area contributed by atoms with Crippen molar-refractivity contribution in [2.24, 2.45) is 28.6 Å². The normalized spacial score (nSPS) is 48.3. The van der Waals surface area contributed by atoms with Crippen LogP contribution < -0.4 is 0 Å². The average Bonchev–Trinajstić information content (AvgIpc) is 2.95. The van der Waals surface area contributed by atoms with Crippen molar-refractivity contribution in [3.8, 4) is 0 Å². The second-order valence-corrected chi connectivity index (χ2v) is 11.2. The number of aliphatic hydroxyl groups excluding tert-OH is 2. The van der Waals surface area contributed by atoms with Gasteiger partial charge in [0.25, 0.3) is 6.43 Å². The fraction of sp³-hybridized carbons (Fsp3) is 0.875. The molecule has 5 nitrogen and oxygen atoms in total. The molecule has 3 N–H and O–H groups in total. The van der Waals surface area contributed by atoms with Crippen molar-refractivity contribution in [2.75, 3.05) is 13.6 Å². The minimum absolute atomic E-state index is 0.0247. The maximum Gasteiger partial charge on any atom is 0.251 e. The molecule has 176 valence electrons. The molecule has 4 rings (SSSR count). The van der Waals surface area contributed by atoms with Crippen LogP contribution in [0.1, 0.15) is 59.3 Å². The minimum atomic E-state index is -2.40. The van der Waals surface area contributed by atoms with E-state index in [0.29, 0.717) is 12.8 Å². The van der Waals surface area contributed by atoms with E-state index in [-0.39, 0.29) is 42.5 Å². The second-order valence-electron chi connectivity index (χ2n) is 11.2. The van der Waals surface area contributed by atoms with Crippen LogP contribution in [0.3, 0.4) is 0 Å². The zero-order chi connectivity index (χ0) is 22.9. The smallest absolute Gasteiger partial charge is 0.251 e. The number of fused-ring (bicyclic) bond motifs is 5. The Bertz CT molecular complexity index is 775. The Morgan fingerprint density at radius 2 is 1.84 bits per heavy atom. The number of hydrogen-bond acceptors (Lipinski definition) is 5. The van der Waals surface area contributed by atoms with E-state index in [2.05, 4.69) is 6.92 Å². The number of allylic oxidation sites excluding steroid dienone is 1. The molecule has 0 aromatic rings. The van der Waals surface area contributed by atoms with Crippen LogP contribution in [-0.4, -0.2) is 69.9 Å². The summed E-state index contributed by atoms with van der Waals surface area (Å²) in [5, 5.41) is 32.7. The van der Waals surface area contributed by atoms with Crippen LogP contribution in [0.2, 0.25) is 0 Å². The van der Waals surface area contributed by atoms with Crippen LogP contribution in [0, 0.1) is 28.6 Å². The summed E-state index contributed by atoms with van der Waals surface area (Å²) in [4.78, 5) is 14.8. The predicted molar refractivity (Wildman–Crippen MR) is 113 cm³/mol. The molecule has 0 saturated heterocycles. The third kappa shape index (κ3) is 3.25. The SMILES string of the molecule is CC(C1CCC2(O)C3=CC(=O)C4CC(O)C(O)CC4(C)C3CCC12C)N(C)CC(F)F. The lowest BCUT2D eigenvalue weighted by Gasteiger charge is -2.60. The van der Waals surface area contributed by atoms with Crippen molar-refractivity contribution in [1.29, 1.82) is 0 Å². The average molecular weight is 442 g/mol. The molecule has 0 bridgehead atoms. The summed E-state index contributed by atoms with van der Waals surface area (Å²) in [6.07, 6.45) is 0.847. The molecule has 0 aliphatic heterocycles. The molecule has 4 aliphatic rings. The van der Waals surface area contributed by atoms with E-state index in [9.17, 15) is 28.9 Å². The maximum atomic E-state index is 13.1. The first-order chi connectivity index (χ1) is 14.3. The van der Waals surface area contributed by atoms with Gasteiger partial charge in [-0.2, -0.15) is 0 Å². The first-order valence-electron chi connectivity index (χ1n) is 11.7.